The number of thiophene rings is 1. The number of carboxylic acid groups (broad SMARTS) is 1. The van der Waals surface area contributed by atoms with Gasteiger partial charge in [-0.25, -0.2) is 13.2 Å². The molecule has 0 aliphatic carbocycles. The van der Waals surface area contributed by atoms with Crippen molar-refractivity contribution in [3.63, 3.8) is 0 Å². The van der Waals surface area contributed by atoms with Crippen molar-refractivity contribution < 1.29 is 27.9 Å². The highest BCUT2D eigenvalue weighted by Crippen LogP contribution is 2.18. The van der Waals surface area contributed by atoms with Crippen LogP contribution in [-0.4, -0.2) is 50.2 Å². The van der Waals surface area contributed by atoms with Crippen molar-refractivity contribution >= 4 is 39.0 Å². The SMILES string of the molecule is CC(C)C[C@H](NC(=O)CNC(=O)c1cc(S(C)(=O)=O)cs1)C(=O)O. The van der Waals surface area contributed by atoms with Crippen molar-refractivity contribution in [3.05, 3.63) is 16.3 Å². The van der Waals surface area contributed by atoms with Crippen molar-refractivity contribution in [2.45, 2.75) is 31.2 Å². The zero-order valence-electron chi connectivity index (χ0n) is 13.5. The van der Waals surface area contributed by atoms with E-state index in [1.54, 1.807) is 0 Å². The van der Waals surface area contributed by atoms with Crippen LogP contribution < -0.4 is 10.6 Å². The lowest BCUT2D eigenvalue weighted by atomic mass is 10.0. The quantitative estimate of drug-likeness (QED) is 0.606. The van der Waals surface area contributed by atoms with Gasteiger partial charge in [0.05, 0.1) is 16.3 Å². The first-order chi connectivity index (χ1) is 11.0. The molecule has 0 bridgehead atoms. The molecule has 1 rings (SSSR count). The number of hydrogen-bond acceptors (Lipinski definition) is 6. The Hall–Kier alpha value is -1.94. The monoisotopic (exact) mass is 376 g/mol. The van der Waals surface area contributed by atoms with Crippen LogP contribution in [0.1, 0.15) is 29.9 Å². The second-order valence-corrected chi connectivity index (χ2v) is 8.62. The Morgan fingerprint density at radius 1 is 1.29 bits per heavy atom. The van der Waals surface area contributed by atoms with Gasteiger partial charge in [-0.05, 0) is 18.4 Å². The molecule has 134 valence electrons. The number of carbonyl (C=O) groups is 3. The van der Waals surface area contributed by atoms with Gasteiger partial charge in [0.1, 0.15) is 6.04 Å². The molecule has 8 nitrogen and oxygen atoms in total. The highest BCUT2D eigenvalue weighted by atomic mass is 32.2. The minimum Gasteiger partial charge on any atom is -0.480 e. The number of hydrogen-bond donors (Lipinski definition) is 3. The van der Waals surface area contributed by atoms with Crippen LogP contribution in [0, 0.1) is 5.92 Å². The molecule has 1 aromatic rings. The summed E-state index contributed by atoms with van der Waals surface area (Å²) in [6, 6.07) is 0.208. The molecule has 0 unspecified atom stereocenters. The van der Waals surface area contributed by atoms with Gasteiger partial charge in [0.15, 0.2) is 9.84 Å². The van der Waals surface area contributed by atoms with E-state index in [4.69, 9.17) is 5.11 Å². The van der Waals surface area contributed by atoms with Crippen molar-refractivity contribution in [1.29, 1.82) is 0 Å². The second kappa shape index (κ2) is 8.25. The lowest BCUT2D eigenvalue weighted by Crippen LogP contribution is -2.46. The van der Waals surface area contributed by atoms with Crippen molar-refractivity contribution in [2.24, 2.45) is 5.92 Å². The summed E-state index contributed by atoms with van der Waals surface area (Å²) in [5, 5.41) is 15.1. The summed E-state index contributed by atoms with van der Waals surface area (Å²) in [5.41, 5.74) is 0. The maximum absolute atomic E-state index is 11.9. The summed E-state index contributed by atoms with van der Waals surface area (Å²) in [6.07, 6.45) is 1.31. The second-order valence-electron chi connectivity index (χ2n) is 5.69. The molecule has 10 heteroatoms. The molecular weight excluding hydrogens is 356 g/mol. The first kappa shape index (κ1) is 20.1. The van der Waals surface area contributed by atoms with Gasteiger partial charge in [-0.2, -0.15) is 0 Å². The predicted octanol–water partition coefficient (Wildman–Crippen LogP) is 0.497. The van der Waals surface area contributed by atoms with Crippen LogP contribution in [0.2, 0.25) is 0 Å². The van der Waals surface area contributed by atoms with Crippen molar-refractivity contribution in [3.8, 4) is 0 Å². The van der Waals surface area contributed by atoms with Crippen LogP contribution in [0.4, 0.5) is 0 Å². The average Bonchev–Trinajstić information content (AvgIpc) is 2.93. The van der Waals surface area contributed by atoms with Gasteiger partial charge in [0.25, 0.3) is 5.91 Å². The maximum atomic E-state index is 11.9. The Kier molecular flexibility index (Phi) is 6.91. The fourth-order valence-electron chi connectivity index (χ4n) is 1.82. The Balaban J connectivity index is 2.58. The molecule has 3 N–H and O–H groups in total. The first-order valence-electron chi connectivity index (χ1n) is 7.09. The molecule has 0 saturated carbocycles. The molecule has 24 heavy (non-hydrogen) atoms. The highest BCUT2D eigenvalue weighted by molar-refractivity contribution is 7.90. The normalized spacial score (nSPS) is 12.7. The molecule has 1 aromatic heterocycles. The fourth-order valence-corrected chi connectivity index (χ4v) is 3.75. The average molecular weight is 376 g/mol. The first-order valence-corrected chi connectivity index (χ1v) is 9.86. The lowest BCUT2D eigenvalue weighted by Gasteiger charge is -2.16. The van der Waals surface area contributed by atoms with Crippen LogP contribution in [0.15, 0.2) is 16.3 Å². The number of amides is 2. The summed E-state index contributed by atoms with van der Waals surface area (Å²) in [4.78, 5) is 34.9. The van der Waals surface area contributed by atoms with E-state index in [0.29, 0.717) is 0 Å². The summed E-state index contributed by atoms with van der Waals surface area (Å²) >= 11 is 0.946. The smallest absolute Gasteiger partial charge is 0.326 e. The van der Waals surface area contributed by atoms with Crippen LogP contribution >= 0.6 is 11.3 Å². The zero-order chi connectivity index (χ0) is 18.5. The number of sulfone groups is 1. The van der Waals surface area contributed by atoms with Gasteiger partial charge >= 0.3 is 5.97 Å². The molecule has 1 atom stereocenters. The van der Waals surface area contributed by atoms with E-state index in [-0.39, 0.29) is 22.1 Å². The predicted molar refractivity (Wildman–Crippen MR) is 88.8 cm³/mol. The van der Waals surface area contributed by atoms with E-state index in [1.807, 2.05) is 13.8 Å². The minimum absolute atomic E-state index is 0.0324. The summed E-state index contributed by atoms with van der Waals surface area (Å²) < 4.78 is 22.7. The molecule has 0 aliphatic heterocycles. The van der Waals surface area contributed by atoms with Crippen LogP contribution in [-0.2, 0) is 19.4 Å². The number of rotatable bonds is 8. The Bertz CT molecular complexity index is 723. The number of aliphatic carboxylic acids is 1. The Labute approximate surface area is 144 Å². The zero-order valence-corrected chi connectivity index (χ0v) is 15.2. The van der Waals surface area contributed by atoms with Crippen molar-refractivity contribution in [2.75, 3.05) is 12.8 Å². The van der Waals surface area contributed by atoms with E-state index in [1.165, 1.54) is 11.4 Å². The van der Waals surface area contributed by atoms with E-state index in [9.17, 15) is 22.8 Å². The van der Waals surface area contributed by atoms with E-state index in [0.717, 1.165) is 17.6 Å². The van der Waals surface area contributed by atoms with Crippen LogP contribution in [0.3, 0.4) is 0 Å². The molecule has 0 spiro atoms. The lowest BCUT2D eigenvalue weighted by molar-refractivity contribution is -0.142. The van der Waals surface area contributed by atoms with Gasteiger partial charge < -0.3 is 15.7 Å². The summed E-state index contributed by atoms with van der Waals surface area (Å²) in [7, 11) is -3.40. The third kappa shape index (κ3) is 6.28. The van der Waals surface area contributed by atoms with E-state index in [2.05, 4.69) is 10.6 Å². The fraction of sp³-hybridized carbons (Fsp3) is 0.500. The van der Waals surface area contributed by atoms with E-state index >= 15 is 0 Å². The van der Waals surface area contributed by atoms with Gasteiger partial charge in [0, 0.05) is 11.6 Å². The molecule has 2 amide bonds. The van der Waals surface area contributed by atoms with Gasteiger partial charge in [-0.3, -0.25) is 9.59 Å². The van der Waals surface area contributed by atoms with Crippen LogP contribution in [0.25, 0.3) is 0 Å². The Morgan fingerprint density at radius 3 is 2.38 bits per heavy atom. The highest BCUT2D eigenvalue weighted by Gasteiger charge is 2.21. The molecule has 0 radical (unpaired) electrons. The minimum atomic E-state index is -3.40. The molecule has 0 aromatic carbocycles. The van der Waals surface area contributed by atoms with E-state index < -0.39 is 40.2 Å². The number of nitrogens with one attached hydrogen (secondary N) is 2. The third-order valence-corrected chi connectivity index (χ3v) is 5.15. The largest absolute Gasteiger partial charge is 0.480 e. The van der Waals surface area contributed by atoms with Crippen LogP contribution in [0.5, 0.6) is 0 Å². The number of carboxylic acids is 1. The molecule has 0 aliphatic rings. The molecule has 1 heterocycles. The van der Waals surface area contributed by atoms with Gasteiger partial charge in [-0.15, -0.1) is 11.3 Å². The standard InChI is InChI=1S/C14H20N2O6S2/c1-8(2)4-10(14(19)20)16-12(17)6-15-13(18)11-5-9(7-23-11)24(3,21)22/h5,7-8,10H,4,6H2,1-3H3,(H,15,18)(H,16,17)(H,19,20)/t10-/m0/s1. The topological polar surface area (TPSA) is 130 Å². The van der Waals surface area contributed by atoms with Gasteiger partial charge in [-0.1, -0.05) is 13.8 Å². The number of carbonyl (C=O) groups excluding carboxylic acids is 2. The molecule has 0 fully saturated rings. The van der Waals surface area contributed by atoms with Gasteiger partial charge in [0.2, 0.25) is 5.91 Å². The molecular formula is C14H20N2O6S2. The maximum Gasteiger partial charge on any atom is 0.326 e. The summed E-state index contributed by atoms with van der Waals surface area (Å²) in [5.74, 6) is -2.28. The Morgan fingerprint density at radius 2 is 1.92 bits per heavy atom. The van der Waals surface area contributed by atoms with Crippen molar-refractivity contribution in [1.82, 2.24) is 10.6 Å². The summed E-state index contributed by atoms with van der Waals surface area (Å²) in [6.45, 7) is 3.27. The molecule has 0 saturated heterocycles. The third-order valence-electron chi connectivity index (χ3n) is 2.98.